The van der Waals surface area contributed by atoms with Gasteiger partial charge in [0.1, 0.15) is 12.4 Å². The van der Waals surface area contributed by atoms with Crippen LogP contribution in [0.2, 0.25) is 10.0 Å². The molecule has 3 aromatic rings. The SMILES string of the molecule is CN(C)CCOc1cn(Cc2ccccc2Br)c2c(Cl)cc(Cl)cc12. The maximum Gasteiger partial charge on any atom is 0.144 e. The second-order valence-electron chi connectivity index (χ2n) is 6.15. The van der Waals surface area contributed by atoms with Gasteiger partial charge in [0.05, 0.1) is 10.5 Å². The highest BCUT2D eigenvalue weighted by atomic mass is 79.9. The molecule has 6 heteroatoms. The van der Waals surface area contributed by atoms with Crippen molar-refractivity contribution < 1.29 is 4.74 Å². The number of benzene rings is 2. The number of rotatable bonds is 6. The molecule has 1 heterocycles. The Morgan fingerprint density at radius 1 is 1.16 bits per heavy atom. The van der Waals surface area contributed by atoms with Gasteiger partial charge in [0.25, 0.3) is 0 Å². The number of nitrogens with zero attached hydrogens (tertiary/aromatic N) is 2. The lowest BCUT2D eigenvalue weighted by Crippen LogP contribution is -2.19. The molecule has 0 unspecified atom stereocenters. The van der Waals surface area contributed by atoms with Crippen molar-refractivity contribution in [3.05, 3.63) is 62.7 Å². The third kappa shape index (κ3) is 4.32. The third-order valence-electron chi connectivity index (χ3n) is 3.95. The average Bonchev–Trinajstić information content (AvgIpc) is 2.87. The molecule has 3 nitrogen and oxygen atoms in total. The summed E-state index contributed by atoms with van der Waals surface area (Å²) < 4.78 is 9.17. The van der Waals surface area contributed by atoms with Gasteiger partial charge >= 0.3 is 0 Å². The zero-order chi connectivity index (χ0) is 18.0. The summed E-state index contributed by atoms with van der Waals surface area (Å²) in [6, 6.07) is 11.8. The third-order valence-corrected chi connectivity index (χ3v) is 5.23. The van der Waals surface area contributed by atoms with Crippen LogP contribution in [0.4, 0.5) is 0 Å². The molecule has 0 amide bonds. The average molecular weight is 442 g/mol. The normalized spacial score (nSPS) is 11.4. The molecule has 25 heavy (non-hydrogen) atoms. The summed E-state index contributed by atoms with van der Waals surface area (Å²) in [5.41, 5.74) is 2.10. The summed E-state index contributed by atoms with van der Waals surface area (Å²) >= 11 is 16.3. The van der Waals surface area contributed by atoms with Crippen LogP contribution in [-0.2, 0) is 6.54 Å². The van der Waals surface area contributed by atoms with Crippen molar-refractivity contribution in [3.63, 3.8) is 0 Å². The molecule has 0 spiro atoms. The first-order valence-electron chi connectivity index (χ1n) is 7.94. The van der Waals surface area contributed by atoms with E-state index in [1.54, 1.807) is 6.07 Å². The van der Waals surface area contributed by atoms with Crippen LogP contribution >= 0.6 is 39.1 Å². The van der Waals surface area contributed by atoms with E-state index in [1.807, 2.05) is 44.6 Å². The van der Waals surface area contributed by atoms with Gasteiger partial charge in [0, 0.05) is 34.2 Å². The molecule has 0 saturated carbocycles. The first-order chi connectivity index (χ1) is 12.0. The largest absolute Gasteiger partial charge is 0.490 e. The Kier molecular flexibility index (Phi) is 5.95. The molecule has 0 aliphatic heterocycles. The fourth-order valence-electron chi connectivity index (χ4n) is 2.71. The van der Waals surface area contributed by atoms with E-state index in [0.717, 1.165) is 27.7 Å². The minimum absolute atomic E-state index is 0.602. The lowest BCUT2D eigenvalue weighted by Gasteiger charge is -2.10. The van der Waals surface area contributed by atoms with Crippen LogP contribution in [0, 0.1) is 0 Å². The molecule has 0 saturated heterocycles. The fourth-order valence-corrected chi connectivity index (χ4v) is 3.72. The Morgan fingerprint density at radius 2 is 1.92 bits per heavy atom. The Hall–Kier alpha value is -1.20. The van der Waals surface area contributed by atoms with Crippen molar-refractivity contribution in [1.82, 2.24) is 9.47 Å². The van der Waals surface area contributed by atoms with Crippen LogP contribution in [0.25, 0.3) is 10.9 Å². The number of hydrogen-bond acceptors (Lipinski definition) is 2. The molecule has 0 radical (unpaired) electrons. The molecule has 0 fully saturated rings. The van der Waals surface area contributed by atoms with Gasteiger partial charge in [0.15, 0.2) is 0 Å². The van der Waals surface area contributed by atoms with E-state index >= 15 is 0 Å². The van der Waals surface area contributed by atoms with E-state index in [9.17, 15) is 0 Å². The molecule has 0 aliphatic rings. The summed E-state index contributed by atoms with van der Waals surface area (Å²) in [7, 11) is 4.04. The van der Waals surface area contributed by atoms with E-state index in [-0.39, 0.29) is 0 Å². The van der Waals surface area contributed by atoms with Gasteiger partial charge in [-0.3, -0.25) is 0 Å². The predicted molar refractivity (Wildman–Crippen MR) is 109 cm³/mol. The molecule has 3 rings (SSSR count). The summed E-state index contributed by atoms with van der Waals surface area (Å²) in [5.74, 6) is 0.799. The minimum atomic E-state index is 0.602. The van der Waals surface area contributed by atoms with Crippen LogP contribution in [-0.4, -0.2) is 36.7 Å². The fraction of sp³-hybridized carbons (Fsp3) is 0.263. The molecule has 1 aromatic heterocycles. The first-order valence-corrected chi connectivity index (χ1v) is 9.49. The van der Waals surface area contributed by atoms with Crippen LogP contribution in [0.1, 0.15) is 5.56 Å². The number of ether oxygens (including phenoxy) is 1. The van der Waals surface area contributed by atoms with Crippen molar-refractivity contribution in [2.45, 2.75) is 6.54 Å². The van der Waals surface area contributed by atoms with Gasteiger partial charge in [-0.2, -0.15) is 0 Å². The number of likely N-dealkylation sites (N-methyl/N-ethyl adjacent to an activating group) is 1. The van der Waals surface area contributed by atoms with E-state index in [4.69, 9.17) is 27.9 Å². The summed E-state index contributed by atoms with van der Waals surface area (Å²) in [6.07, 6.45) is 2.00. The molecular formula is C19H19BrCl2N2O. The topological polar surface area (TPSA) is 17.4 Å². The number of hydrogen-bond donors (Lipinski definition) is 0. The summed E-state index contributed by atoms with van der Waals surface area (Å²) in [5, 5.41) is 2.16. The van der Waals surface area contributed by atoms with Crippen molar-refractivity contribution in [3.8, 4) is 5.75 Å². The number of halogens is 3. The highest BCUT2D eigenvalue weighted by Gasteiger charge is 2.15. The van der Waals surface area contributed by atoms with E-state index in [0.29, 0.717) is 23.2 Å². The van der Waals surface area contributed by atoms with Gasteiger partial charge < -0.3 is 14.2 Å². The second-order valence-corrected chi connectivity index (χ2v) is 7.85. The molecule has 2 aromatic carbocycles. The first kappa shape index (κ1) is 18.6. The number of aromatic nitrogens is 1. The van der Waals surface area contributed by atoms with Gasteiger partial charge in [-0.15, -0.1) is 0 Å². The molecule has 0 bridgehead atoms. The second kappa shape index (κ2) is 8.00. The highest BCUT2D eigenvalue weighted by molar-refractivity contribution is 9.10. The maximum atomic E-state index is 6.49. The molecule has 0 atom stereocenters. The van der Waals surface area contributed by atoms with Crippen LogP contribution in [0.15, 0.2) is 47.1 Å². The smallest absolute Gasteiger partial charge is 0.144 e. The Balaban J connectivity index is 2.01. The summed E-state index contributed by atoms with van der Waals surface area (Å²) in [6.45, 7) is 2.13. The van der Waals surface area contributed by atoms with Crippen LogP contribution in [0.5, 0.6) is 5.75 Å². The van der Waals surface area contributed by atoms with Gasteiger partial charge in [0.2, 0.25) is 0 Å². The Morgan fingerprint density at radius 3 is 2.64 bits per heavy atom. The lowest BCUT2D eigenvalue weighted by molar-refractivity contribution is 0.263. The lowest BCUT2D eigenvalue weighted by atomic mass is 10.2. The van der Waals surface area contributed by atoms with Gasteiger partial charge in [-0.25, -0.2) is 0 Å². The van der Waals surface area contributed by atoms with Crippen molar-refractivity contribution in [2.75, 3.05) is 27.2 Å². The number of fused-ring (bicyclic) bond motifs is 1. The van der Waals surface area contributed by atoms with Crippen LogP contribution < -0.4 is 4.74 Å². The van der Waals surface area contributed by atoms with E-state index in [2.05, 4.69) is 31.5 Å². The molecule has 132 valence electrons. The van der Waals surface area contributed by atoms with Crippen LogP contribution in [0.3, 0.4) is 0 Å². The minimum Gasteiger partial charge on any atom is -0.490 e. The van der Waals surface area contributed by atoms with Crippen molar-refractivity contribution in [2.24, 2.45) is 0 Å². The maximum absolute atomic E-state index is 6.49. The Bertz CT molecular complexity index is 893. The van der Waals surface area contributed by atoms with Crippen molar-refractivity contribution >= 4 is 50.0 Å². The van der Waals surface area contributed by atoms with Crippen molar-refractivity contribution in [1.29, 1.82) is 0 Å². The monoisotopic (exact) mass is 440 g/mol. The van der Waals surface area contributed by atoms with Gasteiger partial charge in [-0.05, 0) is 37.9 Å². The zero-order valence-electron chi connectivity index (χ0n) is 14.1. The highest BCUT2D eigenvalue weighted by Crippen LogP contribution is 2.36. The Labute approximate surface area is 166 Å². The molecule has 0 aliphatic carbocycles. The van der Waals surface area contributed by atoms with E-state index in [1.165, 1.54) is 5.56 Å². The van der Waals surface area contributed by atoms with E-state index < -0.39 is 0 Å². The predicted octanol–water partition coefficient (Wildman–Crippen LogP) is 5.70. The molecule has 0 N–H and O–H groups in total. The summed E-state index contributed by atoms with van der Waals surface area (Å²) in [4.78, 5) is 2.08. The molecular weight excluding hydrogens is 423 g/mol. The van der Waals surface area contributed by atoms with Gasteiger partial charge in [-0.1, -0.05) is 57.3 Å². The zero-order valence-corrected chi connectivity index (χ0v) is 17.2. The standard InChI is InChI=1S/C19H19BrCl2N2O/c1-23(2)7-8-25-18-12-24(11-13-5-3-4-6-16(13)20)19-15(18)9-14(21)10-17(19)22/h3-6,9-10,12H,7-8,11H2,1-2H3. The quantitative estimate of drug-likeness (QED) is 0.488.